The lowest BCUT2D eigenvalue weighted by molar-refractivity contribution is 0.0372. The van der Waals surface area contributed by atoms with Gasteiger partial charge in [0.15, 0.2) is 15.8 Å². The molecule has 0 radical (unpaired) electrons. The Kier molecular flexibility index (Phi) is 6.89. The summed E-state index contributed by atoms with van der Waals surface area (Å²) in [6, 6.07) is 11.4. The van der Waals surface area contributed by atoms with Crippen LogP contribution in [-0.2, 0) is 16.4 Å². The van der Waals surface area contributed by atoms with Crippen LogP contribution in [0.2, 0.25) is 0 Å². The SMILES string of the molecule is CN=C(NCC(C)(C)S(C)(=O)=O)N1CCC2C(CCCN2Cc2ccccc2)C1. The monoisotopic (exact) mass is 420 g/mol. The Labute approximate surface area is 176 Å². The molecule has 3 rings (SSSR count). The van der Waals surface area contributed by atoms with Crippen molar-refractivity contribution in [1.82, 2.24) is 15.1 Å². The normalized spacial score (nSPS) is 24.3. The molecule has 2 aliphatic heterocycles. The number of nitrogens with zero attached hydrogens (tertiary/aromatic N) is 3. The summed E-state index contributed by atoms with van der Waals surface area (Å²) in [6.07, 6.45) is 4.90. The first-order chi connectivity index (χ1) is 13.7. The van der Waals surface area contributed by atoms with Crippen LogP contribution in [-0.4, -0.2) is 74.4 Å². The second-order valence-corrected chi connectivity index (χ2v) is 11.7. The first-order valence-electron chi connectivity index (χ1n) is 10.6. The summed E-state index contributed by atoms with van der Waals surface area (Å²) in [5, 5.41) is 3.32. The molecule has 0 saturated carbocycles. The fourth-order valence-corrected chi connectivity index (χ4v) is 4.80. The molecule has 0 amide bonds. The second kappa shape index (κ2) is 9.04. The molecule has 6 nitrogen and oxygen atoms in total. The van der Waals surface area contributed by atoms with Gasteiger partial charge in [0, 0.05) is 45.5 Å². The van der Waals surface area contributed by atoms with E-state index in [1.807, 2.05) is 0 Å². The number of hydrogen-bond donors (Lipinski definition) is 1. The molecule has 0 bridgehead atoms. The van der Waals surface area contributed by atoms with Gasteiger partial charge in [-0.05, 0) is 51.1 Å². The third-order valence-electron chi connectivity index (χ3n) is 6.60. The molecular weight excluding hydrogens is 384 g/mol. The van der Waals surface area contributed by atoms with Gasteiger partial charge in [-0.2, -0.15) is 0 Å². The lowest BCUT2D eigenvalue weighted by Gasteiger charge is -2.48. The minimum Gasteiger partial charge on any atom is -0.355 e. The summed E-state index contributed by atoms with van der Waals surface area (Å²) in [6.45, 7) is 8.02. The van der Waals surface area contributed by atoms with Crippen molar-refractivity contribution < 1.29 is 8.42 Å². The number of piperidine rings is 2. The first kappa shape index (κ1) is 22.1. The molecule has 2 aliphatic rings. The highest BCUT2D eigenvalue weighted by Gasteiger charge is 2.37. The van der Waals surface area contributed by atoms with Crippen molar-refractivity contribution in [3.05, 3.63) is 35.9 Å². The van der Waals surface area contributed by atoms with Crippen molar-refractivity contribution in [3.8, 4) is 0 Å². The molecule has 2 atom stereocenters. The van der Waals surface area contributed by atoms with Crippen LogP contribution >= 0.6 is 0 Å². The zero-order chi connectivity index (χ0) is 21.1. The average Bonchev–Trinajstić information content (AvgIpc) is 2.68. The third kappa shape index (κ3) is 5.31. The Hall–Kier alpha value is -1.60. The Morgan fingerprint density at radius 2 is 1.93 bits per heavy atom. The summed E-state index contributed by atoms with van der Waals surface area (Å²) in [7, 11) is -1.35. The number of fused-ring (bicyclic) bond motifs is 1. The molecule has 1 aromatic carbocycles. The highest BCUT2D eigenvalue weighted by molar-refractivity contribution is 7.92. The van der Waals surface area contributed by atoms with Crippen molar-refractivity contribution >= 4 is 15.8 Å². The van der Waals surface area contributed by atoms with Gasteiger partial charge >= 0.3 is 0 Å². The second-order valence-electron chi connectivity index (χ2n) is 9.09. The van der Waals surface area contributed by atoms with Crippen LogP contribution in [0.5, 0.6) is 0 Å². The summed E-state index contributed by atoms with van der Waals surface area (Å²) in [5.41, 5.74) is 1.39. The molecule has 0 aliphatic carbocycles. The number of aliphatic imine (C=N–C) groups is 1. The van der Waals surface area contributed by atoms with E-state index in [2.05, 4.69) is 50.4 Å². The summed E-state index contributed by atoms with van der Waals surface area (Å²) in [5.74, 6) is 1.45. The molecule has 0 aromatic heterocycles. The van der Waals surface area contributed by atoms with Gasteiger partial charge in [0.1, 0.15) is 0 Å². The summed E-state index contributed by atoms with van der Waals surface area (Å²) < 4.78 is 23.2. The first-order valence-corrected chi connectivity index (χ1v) is 12.5. The van der Waals surface area contributed by atoms with Crippen LogP contribution in [0.3, 0.4) is 0 Å². The largest absolute Gasteiger partial charge is 0.355 e. The van der Waals surface area contributed by atoms with E-state index in [1.54, 1.807) is 20.9 Å². The fourth-order valence-electron chi connectivity index (χ4n) is 4.47. The van der Waals surface area contributed by atoms with Crippen molar-refractivity contribution in [2.45, 2.75) is 50.4 Å². The molecule has 2 saturated heterocycles. The number of sulfone groups is 1. The number of guanidine groups is 1. The fraction of sp³-hybridized carbons (Fsp3) is 0.682. The number of hydrogen-bond acceptors (Lipinski definition) is 4. The number of likely N-dealkylation sites (tertiary alicyclic amines) is 2. The molecule has 0 spiro atoms. The molecule has 2 unspecified atom stereocenters. The van der Waals surface area contributed by atoms with E-state index in [9.17, 15) is 8.42 Å². The quantitative estimate of drug-likeness (QED) is 0.585. The van der Waals surface area contributed by atoms with E-state index in [1.165, 1.54) is 31.2 Å². The van der Waals surface area contributed by atoms with Crippen LogP contribution in [0.25, 0.3) is 0 Å². The van der Waals surface area contributed by atoms with E-state index >= 15 is 0 Å². The molecular formula is C22H36N4O2S. The number of rotatable bonds is 5. The summed E-state index contributed by atoms with van der Waals surface area (Å²) >= 11 is 0. The van der Waals surface area contributed by atoms with Crippen LogP contribution in [0.15, 0.2) is 35.3 Å². The third-order valence-corrected chi connectivity index (χ3v) is 8.75. The van der Waals surface area contributed by atoms with E-state index < -0.39 is 14.6 Å². The maximum absolute atomic E-state index is 12.0. The van der Waals surface area contributed by atoms with Gasteiger partial charge in [-0.1, -0.05) is 30.3 Å². The molecule has 162 valence electrons. The molecule has 7 heteroatoms. The van der Waals surface area contributed by atoms with E-state index in [4.69, 9.17) is 0 Å². The van der Waals surface area contributed by atoms with E-state index in [-0.39, 0.29) is 0 Å². The molecule has 2 fully saturated rings. The van der Waals surface area contributed by atoms with Gasteiger partial charge in [-0.3, -0.25) is 9.89 Å². The van der Waals surface area contributed by atoms with Gasteiger partial charge in [0.2, 0.25) is 0 Å². The maximum atomic E-state index is 12.0. The molecule has 1 aromatic rings. The Morgan fingerprint density at radius 3 is 2.59 bits per heavy atom. The predicted octanol–water partition coefficient (Wildman–Crippen LogP) is 2.37. The van der Waals surface area contributed by atoms with Gasteiger partial charge < -0.3 is 10.2 Å². The van der Waals surface area contributed by atoms with Crippen molar-refractivity contribution in [2.24, 2.45) is 10.9 Å². The minimum atomic E-state index is -3.14. The highest BCUT2D eigenvalue weighted by Crippen LogP contribution is 2.31. The van der Waals surface area contributed by atoms with Gasteiger partial charge in [0.25, 0.3) is 0 Å². The lowest BCUT2D eigenvalue weighted by Crippen LogP contribution is -2.57. The zero-order valence-electron chi connectivity index (χ0n) is 18.3. The van der Waals surface area contributed by atoms with Crippen LogP contribution in [0.1, 0.15) is 38.7 Å². The number of nitrogens with one attached hydrogen (secondary N) is 1. The standard InChI is InChI=1S/C22H36N4O2S/c1-22(2,29(4,27)28)17-24-21(23-3)26-14-12-20-19(16-26)11-8-13-25(20)15-18-9-6-5-7-10-18/h5-7,9-10,19-20H,8,11-17H2,1-4H3,(H,23,24). The molecule has 1 N–H and O–H groups in total. The van der Waals surface area contributed by atoms with Crippen LogP contribution in [0, 0.1) is 5.92 Å². The Balaban J connectivity index is 1.61. The van der Waals surface area contributed by atoms with Gasteiger partial charge in [-0.25, -0.2) is 8.42 Å². The number of benzene rings is 1. The smallest absolute Gasteiger partial charge is 0.193 e. The van der Waals surface area contributed by atoms with Gasteiger partial charge in [0.05, 0.1) is 4.75 Å². The van der Waals surface area contributed by atoms with Crippen LogP contribution in [0.4, 0.5) is 0 Å². The van der Waals surface area contributed by atoms with Crippen molar-refractivity contribution in [2.75, 3.05) is 39.5 Å². The zero-order valence-corrected chi connectivity index (χ0v) is 19.1. The van der Waals surface area contributed by atoms with Gasteiger partial charge in [-0.15, -0.1) is 0 Å². The van der Waals surface area contributed by atoms with Crippen LogP contribution < -0.4 is 5.32 Å². The van der Waals surface area contributed by atoms with Crippen molar-refractivity contribution in [1.29, 1.82) is 0 Å². The topological polar surface area (TPSA) is 65.0 Å². The van der Waals surface area contributed by atoms with Crippen molar-refractivity contribution in [3.63, 3.8) is 0 Å². The highest BCUT2D eigenvalue weighted by atomic mass is 32.2. The predicted molar refractivity (Wildman–Crippen MR) is 120 cm³/mol. The Morgan fingerprint density at radius 1 is 1.21 bits per heavy atom. The van der Waals surface area contributed by atoms with E-state index in [0.717, 1.165) is 32.0 Å². The molecule has 29 heavy (non-hydrogen) atoms. The lowest BCUT2D eigenvalue weighted by atomic mass is 9.83. The Bertz CT molecular complexity index is 807. The maximum Gasteiger partial charge on any atom is 0.193 e. The molecule has 2 heterocycles. The van der Waals surface area contributed by atoms with E-state index in [0.29, 0.717) is 18.5 Å². The minimum absolute atomic E-state index is 0.364. The average molecular weight is 421 g/mol. The summed E-state index contributed by atoms with van der Waals surface area (Å²) in [4.78, 5) is 9.41.